The van der Waals surface area contributed by atoms with Gasteiger partial charge in [0.25, 0.3) is 5.89 Å². The SMILES string of the molecule is CCc1noc(COc2ccc(Br)c(CN)c2)n1. The van der Waals surface area contributed by atoms with E-state index in [2.05, 4.69) is 26.1 Å². The van der Waals surface area contributed by atoms with Crippen LogP contribution >= 0.6 is 15.9 Å². The molecule has 6 heteroatoms. The molecule has 1 aromatic heterocycles. The third kappa shape index (κ3) is 3.08. The van der Waals surface area contributed by atoms with Crippen molar-refractivity contribution in [2.45, 2.75) is 26.5 Å². The van der Waals surface area contributed by atoms with E-state index in [0.29, 0.717) is 18.3 Å². The first-order valence-electron chi connectivity index (χ1n) is 5.65. The first-order chi connectivity index (χ1) is 8.72. The minimum absolute atomic E-state index is 0.263. The number of aryl methyl sites for hydroxylation is 1. The number of hydrogen-bond donors (Lipinski definition) is 1. The second-order valence-corrected chi connectivity index (χ2v) is 4.56. The van der Waals surface area contributed by atoms with Crippen molar-refractivity contribution < 1.29 is 9.26 Å². The van der Waals surface area contributed by atoms with Gasteiger partial charge in [0, 0.05) is 17.4 Å². The Kier molecular flexibility index (Phi) is 4.33. The maximum absolute atomic E-state index is 5.62. The number of nitrogens with zero attached hydrogens (tertiary/aromatic N) is 2. The van der Waals surface area contributed by atoms with E-state index >= 15 is 0 Å². The van der Waals surface area contributed by atoms with E-state index in [9.17, 15) is 0 Å². The number of halogens is 1. The number of hydrogen-bond acceptors (Lipinski definition) is 5. The molecule has 0 saturated heterocycles. The van der Waals surface area contributed by atoms with Gasteiger partial charge in [-0.25, -0.2) is 0 Å². The maximum Gasteiger partial charge on any atom is 0.264 e. The van der Waals surface area contributed by atoms with Gasteiger partial charge in [0.15, 0.2) is 12.4 Å². The normalized spacial score (nSPS) is 10.6. The Labute approximate surface area is 113 Å². The van der Waals surface area contributed by atoms with Crippen LogP contribution in [0.2, 0.25) is 0 Å². The summed E-state index contributed by atoms with van der Waals surface area (Å²) in [6, 6.07) is 5.66. The van der Waals surface area contributed by atoms with Crippen molar-refractivity contribution in [1.82, 2.24) is 10.1 Å². The molecule has 1 heterocycles. The Balaban J connectivity index is 2.01. The second-order valence-electron chi connectivity index (χ2n) is 3.70. The van der Waals surface area contributed by atoms with Gasteiger partial charge in [-0.15, -0.1) is 0 Å². The molecule has 2 N–H and O–H groups in total. The van der Waals surface area contributed by atoms with Gasteiger partial charge in [-0.3, -0.25) is 0 Å². The van der Waals surface area contributed by atoms with Gasteiger partial charge in [-0.1, -0.05) is 28.0 Å². The smallest absolute Gasteiger partial charge is 0.264 e. The molecule has 0 spiro atoms. The molecule has 96 valence electrons. The first-order valence-corrected chi connectivity index (χ1v) is 6.45. The summed E-state index contributed by atoms with van der Waals surface area (Å²) in [7, 11) is 0. The molecule has 18 heavy (non-hydrogen) atoms. The minimum Gasteiger partial charge on any atom is -0.484 e. The van der Waals surface area contributed by atoms with E-state index in [4.69, 9.17) is 15.0 Å². The molecule has 0 aliphatic heterocycles. The van der Waals surface area contributed by atoms with E-state index in [1.165, 1.54) is 0 Å². The van der Waals surface area contributed by atoms with Gasteiger partial charge in [-0.05, 0) is 23.8 Å². The molecule has 2 aromatic rings. The fourth-order valence-electron chi connectivity index (χ4n) is 1.43. The first kappa shape index (κ1) is 13.0. The number of ether oxygens (including phenoxy) is 1. The highest BCUT2D eigenvalue weighted by molar-refractivity contribution is 9.10. The van der Waals surface area contributed by atoms with E-state index in [0.717, 1.165) is 22.2 Å². The zero-order valence-electron chi connectivity index (χ0n) is 10.0. The van der Waals surface area contributed by atoms with Crippen LogP contribution in [-0.4, -0.2) is 10.1 Å². The number of rotatable bonds is 5. The van der Waals surface area contributed by atoms with Crippen LogP contribution in [0.1, 0.15) is 24.2 Å². The molecule has 0 radical (unpaired) electrons. The van der Waals surface area contributed by atoms with Crippen LogP contribution < -0.4 is 10.5 Å². The second kappa shape index (κ2) is 5.97. The van der Waals surface area contributed by atoms with Crippen molar-refractivity contribution in [3.63, 3.8) is 0 Å². The van der Waals surface area contributed by atoms with E-state index in [1.54, 1.807) is 0 Å². The van der Waals surface area contributed by atoms with Crippen LogP contribution in [0.15, 0.2) is 27.2 Å². The summed E-state index contributed by atoms with van der Waals surface area (Å²) < 4.78 is 11.6. The molecule has 1 aromatic carbocycles. The van der Waals surface area contributed by atoms with Crippen molar-refractivity contribution >= 4 is 15.9 Å². The molecule has 0 bridgehead atoms. The van der Waals surface area contributed by atoms with Gasteiger partial charge >= 0.3 is 0 Å². The predicted octanol–water partition coefficient (Wildman–Crippen LogP) is 2.43. The molecule has 2 rings (SSSR count). The lowest BCUT2D eigenvalue weighted by atomic mass is 10.2. The zero-order chi connectivity index (χ0) is 13.0. The van der Waals surface area contributed by atoms with Crippen LogP contribution in [0.4, 0.5) is 0 Å². The molecule has 0 saturated carbocycles. The van der Waals surface area contributed by atoms with Crippen LogP contribution in [0.5, 0.6) is 5.75 Å². The highest BCUT2D eigenvalue weighted by Gasteiger charge is 2.06. The van der Waals surface area contributed by atoms with Crippen molar-refractivity contribution in [3.05, 3.63) is 40.0 Å². The molecule has 0 aliphatic rings. The number of aromatic nitrogens is 2. The lowest BCUT2D eigenvalue weighted by Crippen LogP contribution is -2.00. The summed E-state index contributed by atoms with van der Waals surface area (Å²) in [4.78, 5) is 4.17. The molecule has 0 unspecified atom stereocenters. The van der Waals surface area contributed by atoms with Crippen molar-refractivity contribution in [1.29, 1.82) is 0 Å². The summed E-state index contributed by atoms with van der Waals surface area (Å²) in [5.74, 6) is 1.89. The Morgan fingerprint density at radius 3 is 2.94 bits per heavy atom. The Hall–Kier alpha value is -1.40. The Bertz CT molecular complexity index is 528. The third-order valence-electron chi connectivity index (χ3n) is 2.43. The monoisotopic (exact) mass is 311 g/mol. The molecule has 0 amide bonds. The lowest BCUT2D eigenvalue weighted by molar-refractivity contribution is 0.242. The Morgan fingerprint density at radius 1 is 1.44 bits per heavy atom. The highest BCUT2D eigenvalue weighted by atomic mass is 79.9. The molecular weight excluding hydrogens is 298 g/mol. The van der Waals surface area contributed by atoms with Crippen molar-refractivity contribution in [2.24, 2.45) is 5.73 Å². The average molecular weight is 312 g/mol. The van der Waals surface area contributed by atoms with Crippen LogP contribution in [-0.2, 0) is 19.6 Å². The molecule has 5 nitrogen and oxygen atoms in total. The summed E-state index contributed by atoms with van der Waals surface area (Å²) in [5.41, 5.74) is 6.61. The lowest BCUT2D eigenvalue weighted by Gasteiger charge is -2.06. The van der Waals surface area contributed by atoms with E-state index < -0.39 is 0 Å². The minimum atomic E-state index is 0.263. The largest absolute Gasteiger partial charge is 0.484 e. The van der Waals surface area contributed by atoms with E-state index in [-0.39, 0.29) is 6.61 Å². The summed E-state index contributed by atoms with van der Waals surface area (Å²) in [5, 5.41) is 3.80. The molecule has 0 aliphatic carbocycles. The maximum atomic E-state index is 5.62. The van der Waals surface area contributed by atoms with Crippen LogP contribution in [0, 0.1) is 0 Å². The van der Waals surface area contributed by atoms with Gasteiger partial charge in [0.05, 0.1) is 0 Å². The zero-order valence-corrected chi connectivity index (χ0v) is 11.6. The average Bonchev–Trinajstić information content (AvgIpc) is 2.86. The molecule has 0 atom stereocenters. The summed E-state index contributed by atoms with van der Waals surface area (Å²) in [6.07, 6.45) is 0.749. The van der Waals surface area contributed by atoms with Gasteiger partial charge in [0.1, 0.15) is 5.75 Å². The van der Waals surface area contributed by atoms with Crippen LogP contribution in [0.25, 0.3) is 0 Å². The topological polar surface area (TPSA) is 74.2 Å². The summed E-state index contributed by atoms with van der Waals surface area (Å²) in [6.45, 7) is 2.69. The van der Waals surface area contributed by atoms with Gasteiger partial charge < -0.3 is 15.0 Å². The van der Waals surface area contributed by atoms with Crippen molar-refractivity contribution in [3.8, 4) is 5.75 Å². The van der Waals surface area contributed by atoms with Gasteiger partial charge in [-0.2, -0.15) is 4.98 Å². The van der Waals surface area contributed by atoms with Gasteiger partial charge in [0.2, 0.25) is 0 Å². The van der Waals surface area contributed by atoms with Crippen molar-refractivity contribution in [2.75, 3.05) is 0 Å². The number of benzene rings is 1. The summed E-state index contributed by atoms with van der Waals surface area (Å²) >= 11 is 3.42. The molecular formula is C12H14BrN3O2. The van der Waals surface area contributed by atoms with Crippen LogP contribution in [0.3, 0.4) is 0 Å². The fourth-order valence-corrected chi connectivity index (χ4v) is 1.84. The standard InChI is InChI=1S/C12H14BrN3O2/c1-2-11-15-12(18-16-11)7-17-9-3-4-10(13)8(5-9)6-14/h3-5H,2,6-7,14H2,1H3. The third-order valence-corrected chi connectivity index (χ3v) is 3.20. The fraction of sp³-hybridized carbons (Fsp3) is 0.333. The Morgan fingerprint density at radius 2 is 2.28 bits per heavy atom. The molecule has 0 fully saturated rings. The van der Waals surface area contributed by atoms with E-state index in [1.807, 2.05) is 25.1 Å². The number of nitrogens with two attached hydrogens (primary N) is 1. The highest BCUT2D eigenvalue weighted by Crippen LogP contribution is 2.22. The quantitative estimate of drug-likeness (QED) is 0.918. The predicted molar refractivity (Wildman–Crippen MR) is 70.0 cm³/mol.